The van der Waals surface area contributed by atoms with Gasteiger partial charge in [-0.3, -0.25) is 4.79 Å². The Balaban J connectivity index is 2.29. The Morgan fingerprint density at radius 2 is 2.26 bits per heavy atom. The van der Waals surface area contributed by atoms with Crippen molar-refractivity contribution in [3.63, 3.8) is 0 Å². The topological polar surface area (TPSA) is 45.5 Å². The van der Waals surface area contributed by atoms with E-state index in [-0.39, 0.29) is 24.6 Å². The van der Waals surface area contributed by atoms with Crippen LogP contribution in [0.3, 0.4) is 0 Å². The van der Waals surface area contributed by atoms with Gasteiger partial charge < -0.3 is 14.6 Å². The number of amides is 1. The summed E-state index contributed by atoms with van der Waals surface area (Å²) in [7, 11) is 0. The van der Waals surface area contributed by atoms with Gasteiger partial charge in [0.25, 0.3) is 5.91 Å². The van der Waals surface area contributed by atoms with Crippen molar-refractivity contribution < 1.29 is 9.90 Å². The molecule has 2 unspecified atom stereocenters. The molecule has 0 spiro atoms. The first-order valence-electron chi connectivity index (χ1n) is 6.75. The molecule has 1 aromatic rings. The summed E-state index contributed by atoms with van der Waals surface area (Å²) < 4.78 is 2.89. The second-order valence-corrected chi connectivity index (χ2v) is 6.47. The lowest BCUT2D eigenvalue weighted by molar-refractivity contribution is 0.0636. The number of halogens is 1. The Kier molecular flexibility index (Phi) is 4.36. The molecule has 5 heteroatoms. The van der Waals surface area contributed by atoms with E-state index in [9.17, 15) is 9.90 Å². The van der Waals surface area contributed by atoms with Crippen LogP contribution < -0.4 is 0 Å². The monoisotopic (exact) mass is 328 g/mol. The fraction of sp³-hybridized carbons (Fsp3) is 0.643. The lowest BCUT2D eigenvalue weighted by Crippen LogP contribution is -2.40. The maximum absolute atomic E-state index is 12.7. The lowest BCUT2D eigenvalue weighted by Gasteiger charge is -2.26. The van der Waals surface area contributed by atoms with E-state index in [0.29, 0.717) is 11.6 Å². The van der Waals surface area contributed by atoms with E-state index in [2.05, 4.69) is 36.7 Å². The number of hydrogen-bond donors (Lipinski definition) is 1. The van der Waals surface area contributed by atoms with Crippen molar-refractivity contribution >= 4 is 21.8 Å². The quantitative estimate of drug-likeness (QED) is 0.927. The molecule has 2 heterocycles. The summed E-state index contributed by atoms with van der Waals surface area (Å²) >= 11 is 3.43. The molecule has 106 valence electrons. The van der Waals surface area contributed by atoms with Gasteiger partial charge in [-0.25, -0.2) is 0 Å². The lowest BCUT2D eigenvalue weighted by atomic mass is 10.0. The standard InChI is InChI=1S/C14H21BrN2O2/c1-9(2)17-7-11(15)6-12(17)14(19)16-5-4-10(3)13(16)8-18/h6-7,9-10,13,18H,4-5,8H2,1-3H3. The Labute approximate surface area is 122 Å². The van der Waals surface area contributed by atoms with Crippen molar-refractivity contribution in [3.8, 4) is 0 Å². The molecule has 1 N–H and O–H groups in total. The summed E-state index contributed by atoms with van der Waals surface area (Å²) in [5.74, 6) is 0.377. The van der Waals surface area contributed by atoms with Crippen LogP contribution in [0.2, 0.25) is 0 Å². The zero-order chi connectivity index (χ0) is 14.2. The first-order chi connectivity index (χ1) is 8.95. The van der Waals surface area contributed by atoms with E-state index < -0.39 is 0 Å². The fourth-order valence-electron chi connectivity index (χ4n) is 2.73. The number of hydrogen-bond acceptors (Lipinski definition) is 2. The highest BCUT2D eigenvalue weighted by Gasteiger charge is 2.35. The van der Waals surface area contributed by atoms with Crippen LogP contribution in [0, 0.1) is 5.92 Å². The zero-order valence-corrected chi connectivity index (χ0v) is 13.2. The highest BCUT2D eigenvalue weighted by atomic mass is 79.9. The van der Waals surface area contributed by atoms with Gasteiger partial charge in [0.05, 0.1) is 12.6 Å². The van der Waals surface area contributed by atoms with Gasteiger partial charge in [-0.05, 0) is 48.2 Å². The van der Waals surface area contributed by atoms with Crippen molar-refractivity contribution in [1.29, 1.82) is 0 Å². The van der Waals surface area contributed by atoms with Crippen LogP contribution >= 0.6 is 15.9 Å². The number of aliphatic hydroxyl groups excluding tert-OH is 1. The maximum Gasteiger partial charge on any atom is 0.270 e. The molecule has 0 aliphatic carbocycles. The van der Waals surface area contributed by atoms with Crippen LogP contribution in [-0.2, 0) is 0 Å². The van der Waals surface area contributed by atoms with Gasteiger partial charge in [-0.2, -0.15) is 0 Å². The molecular weight excluding hydrogens is 308 g/mol. The summed E-state index contributed by atoms with van der Waals surface area (Å²) in [6, 6.07) is 2.04. The largest absolute Gasteiger partial charge is 0.394 e. The van der Waals surface area contributed by atoms with Gasteiger partial charge in [0.2, 0.25) is 0 Å². The van der Waals surface area contributed by atoms with Gasteiger partial charge >= 0.3 is 0 Å². The molecule has 2 rings (SSSR count). The highest BCUT2D eigenvalue weighted by molar-refractivity contribution is 9.10. The average Bonchev–Trinajstić information content (AvgIpc) is 2.91. The van der Waals surface area contributed by atoms with E-state index in [1.807, 2.05) is 21.7 Å². The molecular formula is C14H21BrN2O2. The van der Waals surface area contributed by atoms with E-state index >= 15 is 0 Å². The molecule has 1 aliphatic rings. The summed E-state index contributed by atoms with van der Waals surface area (Å²) in [6.45, 7) is 6.97. The SMILES string of the molecule is CC1CCN(C(=O)c2cc(Br)cn2C(C)C)C1CO. The van der Waals surface area contributed by atoms with E-state index in [1.54, 1.807) is 0 Å². The van der Waals surface area contributed by atoms with Crippen molar-refractivity contribution in [2.45, 2.75) is 39.3 Å². The van der Waals surface area contributed by atoms with Crippen molar-refractivity contribution in [3.05, 3.63) is 22.4 Å². The Morgan fingerprint density at radius 1 is 1.58 bits per heavy atom. The normalized spacial score (nSPS) is 23.4. The summed E-state index contributed by atoms with van der Waals surface area (Å²) in [4.78, 5) is 14.5. The van der Waals surface area contributed by atoms with Crippen molar-refractivity contribution in [2.75, 3.05) is 13.2 Å². The predicted molar refractivity (Wildman–Crippen MR) is 78.2 cm³/mol. The van der Waals surface area contributed by atoms with Gasteiger partial charge in [0.15, 0.2) is 0 Å². The van der Waals surface area contributed by atoms with Gasteiger partial charge in [-0.15, -0.1) is 0 Å². The number of nitrogens with zero attached hydrogens (tertiary/aromatic N) is 2. The number of carbonyl (C=O) groups is 1. The van der Waals surface area contributed by atoms with Gasteiger partial charge in [0, 0.05) is 23.3 Å². The third-order valence-electron chi connectivity index (χ3n) is 3.92. The number of likely N-dealkylation sites (tertiary alicyclic amines) is 1. The number of rotatable bonds is 3. The van der Waals surface area contributed by atoms with Crippen LogP contribution in [0.25, 0.3) is 0 Å². The molecule has 2 atom stereocenters. The minimum atomic E-state index is -0.0539. The molecule has 0 bridgehead atoms. The first kappa shape index (κ1) is 14.6. The van der Waals surface area contributed by atoms with Crippen LogP contribution in [0.4, 0.5) is 0 Å². The average molecular weight is 329 g/mol. The molecule has 0 radical (unpaired) electrons. The summed E-state index contributed by atoms with van der Waals surface area (Å²) in [6.07, 6.45) is 2.89. The molecule has 1 fully saturated rings. The Hall–Kier alpha value is -0.810. The second kappa shape index (κ2) is 5.67. The third kappa shape index (κ3) is 2.72. The van der Waals surface area contributed by atoms with Crippen molar-refractivity contribution in [2.24, 2.45) is 5.92 Å². The number of aromatic nitrogens is 1. The molecule has 1 aromatic heterocycles. The Bertz CT molecular complexity index is 470. The third-order valence-corrected chi connectivity index (χ3v) is 4.35. The minimum absolute atomic E-state index is 0.0165. The zero-order valence-electron chi connectivity index (χ0n) is 11.6. The molecule has 1 amide bonds. The van der Waals surface area contributed by atoms with Crippen LogP contribution in [0.5, 0.6) is 0 Å². The van der Waals surface area contributed by atoms with Gasteiger partial charge in [-0.1, -0.05) is 6.92 Å². The first-order valence-corrected chi connectivity index (χ1v) is 7.54. The predicted octanol–water partition coefficient (Wildman–Crippen LogP) is 2.67. The van der Waals surface area contributed by atoms with E-state index in [4.69, 9.17) is 0 Å². The molecule has 19 heavy (non-hydrogen) atoms. The fourth-order valence-corrected chi connectivity index (χ4v) is 3.17. The van der Waals surface area contributed by atoms with E-state index in [0.717, 1.165) is 17.4 Å². The second-order valence-electron chi connectivity index (χ2n) is 5.56. The van der Waals surface area contributed by atoms with Crippen molar-refractivity contribution in [1.82, 2.24) is 9.47 Å². The number of aliphatic hydroxyl groups is 1. The minimum Gasteiger partial charge on any atom is -0.394 e. The Morgan fingerprint density at radius 3 is 2.84 bits per heavy atom. The molecule has 1 aliphatic heterocycles. The van der Waals surface area contributed by atoms with Gasteiger partial charge in [0.1, 0.15) is 5.69 Å². The molecule has 4 nitrogen and oxygen atoms in total. The van der Waals surface area contributed by atoms with Crippen LogP contribution in [-0.4, -0.2) is 39.7 Å². The van der Waals surface area contributed by atoms with Crippen LogP contribution in [0.15, 0.2) is 16.7 Å². The summed E-state index contributed by atoms with van der Waals surface area (Å²) in [5, 5.41) is 9.48. The smallest absolute Gasteiger partial charge is 0.270 e. The molecule has 0 aromatic carbocycles. The van der Waals surface area contributed by atoms with E-state index in [1.165, 1.54) is 0 Å². The number of carbonyl (C=O) groups excluding carboxylic acids is 1. The maximum atomic E-state index is 12.7. The summed E-state index contributed by atoms with van der Waals surface area (Å²) in [5.41, 5.74) is 0.689. The molecule has 0 saturated carbocycles. The molecule has 1 saturated heterocycles. The highest BCUT2D eigenvalue weighted by Crippen LogP contribution is 2.27. The van der Waals surface area contributed by atoms with Crippen LogP contribution in [0.1, 0.15) is 43.7 Å².